The maximum absolute atomic E-state index is 15.3. The van der Waals surface area contributed by atoms with Crippen LogP contribution in [0.4, 0.5) is 0 Å². The SMILES string of the molecule is CCCCCCCC[N+](C)(C)CCOC(=O)C(C)CC(CC(CC(CC(CC)C(N)=O)C(=O)[O-])C(=O)NC(COCCC(=O)OCC)(COCCC(=O)OCC)COCCC(=O)OCC)C(=O)NC(C)(C)CC(C)(C)C. The molecule has 4 N–H and O–H groups in total. The largest absolute Gasteiger partial charge is 0.550 e. The lowest BCUT2D eigenvalue weighted by Crippen LogP contribution is -2.60. The van der Waals surface area contributed by atoms with E-state index in [0.717, 1.165) is 19.4 Å². The summed E-state index contributed by atoms with van der Waals surface area (Å²) >= 11 is 0. The third-order valence-corrected chi connectivity index (χ3v) is 13.0. The van der Waals surface area contributed by atoms with Crippen LogP contribution in [0.1, 0.15) is 172 Å². The number of nitrogens with one attached hydrogen (secondary N) is 2. The minimum atomic E-state index is -1.64. The van der Waals surface area contributed by atoms with Gasteiger partial charge in [0.15, 0.2) is 0 Å². The molecular formula is C56H102N4O16. The van der Waals surface area contributed by atoms with Crippen molar-refractivity contribution in [3.8, 4) is 0 Å². The van der Waals surface area contributed by atoms with E-state index in [-0.39, 0.29) is 116 Å². The first-order valence-corrected chi connectivity index (χ1v) is 27.9. The van der Waals surface area contributed by atoms with Gasteiger partial charge >= 0.3 is 23.9 Å². The zero-order valence-electron chi connectivity index (χ0n) is 49.0. The van der Waals surface area contributed by atoms with Gasteiger partial charge in [-0.1, -0.05) is 67.2 Å². The maximum Gasteiger partial charge on any atom is 0.308 e. The highest BCUT2D eigenvalue weighted by atomic mass is 16.6. The summed E-state index contributed by atoms with van der Waals surface area (Å²) in [5.74, 6) is -11.2. The molecule has 442 valence electrons. The normalized spacial score (nSPS) is 14.1. The van der Waals surface area contributed by atoms with Gasteiger partial charge in [0.05, 0.1) is 105 Å². The average molecular weight is 1090 g/mol. The van der Waals surface area contributed by atoms with E-state index < -0.39 is 94.7 Å². The molecule has 5 atom stereocenters. The van der Waals surface area contributed by atoms with Crippen LogP contribution in [0.3, 0.4) is 0 Å². The first-order valence-electron chi connectivity index (χ1n) is 27.9. The van der Waals surface area contributed by atoms with Crippen molar-refractivity contribution in [3.05, 3.63) is 0 Å². The molecule has 0 saturated heterocycles. The molecule has 0 aliphatic heterocycles. The van der Waals surface area contributed by atoms with Crippen molar-refractivity contribution in [3.63, 3.8) is 0 Å². The van der Waals surface area contributed by atoms with E-state index in [2.05, 4.69) is 31.7 Å². The highest BCUT2D eigenvalue weighted by Gasteiger charge is 2.40. The molecule has 0 aliphatic rings. The molecule has 0 aromatic carbocycles. The van der Waals surface area contributed by atoms with Crippen LogP contribution in [0, 0.1) is 35.0 Å². The van der Waals surface area contributed by atoms with Crippen LogP contribution in [0.15, 0.2) is 0 Å². The van der Waals surface area contributed by atoms with Crippen LogP contribution in [-0.4, -0.2) is 156 Å². The van der Waals surface area contributed by atoms with E-state index in [0.29, 0.717) is 17.4 Å². The second-order valence-corrected chi connectivity index (χ2v) is 22.8. The van der Waals surface area contributed by atoms with Gasteiger partial charge in [0.1, 0.15) is 18.7 Å². The minimum absolute atomic E-state index is 0.0824. The van der Waals surface area contributed by atoms with Crippen molar-refractivity contribution < 1.29 is 81.1 Å². The smallest absolute Gasteiger partial charge is 0.308 e. The molecule has 0 radical (unpaired) electrons. The van der Waals surface area contributed by atoms with Crippen molar-refractivity contribution in [2.24, 2.45) is 40.7 Å². The van der Waals surface area contributed by atoms with Crippen LogP contribution < -0.4 is 21.5 Å². The van der Waals surface area contributed by atoms with Gasteiger partial charge < -0.3 is 63.9 Å². The number of carbonyl (C=O) groups excluding carboxylic acids is 8. The fraction of sp³-hybridized carbons (Fsp3) is 0.857. The third kappa shape index (κ3) is 33.7. The van der Waals surface area contributed by atoms with Crippen molar-refractivity contribution >= 4 is 47.6 Å². The summed E-state index contributed by atoms with van der Waals surface area (Å²) in [6.07, 6.45) is 6.20. The van der Waals surface area contributed by atoms with Crippen LogP contribution in [0.25, 0.3) is 0 Å². The standard InChI is InChI=1S/C56H102N4O16/c1-14-19-20-21-22-23-27-60(12,13)28-32-76-53(69)41(6)33-43(50(65)58-55(10,11)37-54(7,8)9)35-44(36-45(52(67)68)34-42(15-2)49(57)64)51(66)59-56(38-70-29-24-46(61)73-16-3,39-71-30-25-47(62)74-17-4)40-72-31-26-48(63)75-18-5/h41-45H,14-40H2,1-13H3,(H4-,57,58,59,64,65,66,67,68). The average Bonchev–Trinajstić information content (AvgIpc) is 3.31. The summed E-state index contributed by atoms with van der Waals surface area (Å²) in [7, 11) is 4.19. The number of primary amides is 1. The minimum Gasteiger partial charge on any atom is -0.550 e. The number of amides is 3. The summed E-state index contributed by atoms with van der Waals surface area (Å²) < 4.78 is 39.7. The van der Waals surface area contributed by atoms with Gasteiger partial charge in [0.2, 0.25) is 17.7 Å². The van der Waals surface area contributed by atoms with E-state index in [1.807, 2.05) is 34.6 Å². The zero-order chi connectivity index (χ0) is 58.0. The quantitative estimate of drug-likeness (QED) is 0.0299. The molecule has 5 unspecified atom stereocenters. The lowest BCUT2D eigenvalue weighted by atomic mass is 9.78. The number of carbonyl (C=O) groups is 8. The summed E-state index contributed by atoms with van der Waals surface area (Å²) in [6.45, 7) is 20.8. The number of nitrogens with two attached hydrogens (primary N) is 1. The molecule has 0 rings (SSSR count). The van der Waals surface area contributed by atoms with Crippen LogP contribution in [-0.2, 0) is 71.5 Å². The monoisotopic (exact) mass is 1090 g/mol. The van der Waals surface area contributed by atoms with E-state index in [9.17, 15) is 38.7 Å². The van der Waals surface area contributed by atoms with E-state index in [4.69, 9.17) is 38.9 Å². The van der Waals surface area contributed by atoms with Crippen molar-refractivity contribution in [1.82, 2.24) is 10.6 Å². The number of carboxylic acids is 1. The zero-order valence-corrected chi connectivity index (χ0v) is 49.0. The number of quaternary nitrogens is 1. The van der Waals surface area contributed by atoms with Gasteiger partial charge in [0, 0.05) is 35.2 Å². The number of unbranched alkanes of at least 4 members (excludes halogenated alkanes) is 5. The molecule has 0 bridgehead atoms. The molecule has 0 aromatic heterocycles. The lowest BCUT2D eigenvalue weighted by molar-refractivity contribution is -0.890. The number of hydrogen-bond acceptors (Lipinski definition) is 16. The van der Waals surface area contributed by atoms with Gasteiger partial charge in [-0.2, -0.15) is 0 Å². The molecular weight excluding hydrogens is 985 g/mol. The van der Waals surface area contributed by atoms with Gasteiger partial charge in [-0.05, 0) is 91.4 Å². The number of carboxylic acid groups (broad SMARTS) is 1. The predicted octanol–water partition coefficient (Wildman–Crippen LogP) is 5.37. The predicted molar refractivity (Wildman–Crippen MR) is 286 cm³/mol. The topological polar surface area (TPSA) is 274 Å². The Bertz CT molecular complexity index is 1670. The highest BCUT2D eigenvalue weighted by Crippen LogP contribution is 2.32. The first kappa shape index (κ1) is 71.6. The van der Waals surface area contributed by atoms with E-state index >= 15 is 4.79 Å². The first-order chi connectivity index (χ1) is 35.6. The molecule has 0 aromatic rings. The number of rotatable bonds is 45. The third-order valence-electron chi connectivity index (χ3n) is 13.0. The fourth-order valence-corrected chi connectivity index (χ4v) is 9.29. The van der Waals surface area contributed by atoms with Gasteiger partial charge in [0.25, 0.3) is 0 Å². The number of esters is 4. The Kier molecular flexibility index (Phi) is 36.0. The Labute approximate surface area is 455 Å². The van der Waals surface area contributed by atoms with Crippen molar-refractivity contribution in [2.75, 3.05) is 93.3 Å². The Morgan fingerprint density at radius 3 is 1.42 bits per heavy atom. The molecule has 0 fully saturated rings. The molecule has 0 aliphatic carbocycles. The number of hydrogen-bond donors (Lipinski definition) is 3. The number of nitrogens with zero attached hydrogens (tertiary/aromatic N) is 1. The molecule has 0 spiro atoms. The molecule has 0 saturated carbocycles. The van der Waals surface area contributed by atoms with Crippen molar-refractivity contribution in [2.45, 2.75) is 184 Å². The summed E-state index contributed by atoms with van der Waals surface area (Å²) in [4.78, 5) is 106. The molecule has 20 nitrogen and oxygen atoms in total. The summed E-state index contributed by atoms with van der Waals surface area (Å²) in [5, 5.41) is 19.2. The van der Waals surface area contributed by atoms with E-state index in [1.54, 1.807) is 34.6 Å². The second-order valence-electron chi connectivity index (χ2n) is 22.8. The number of aliphatic carboxylic acids is 1. The lowest BCUT2D eigenvalue weighted by Gasteiger charge is -2.37. The highest BCUT2D eigenvalue weighted by molar-refractivity contribution is 5.84. The Morgan fingerprint density at radius 2 is 0.987 bits per heavy atom. The van der Waals surface area contributed by atoms with Gasteiger partial charge in [-0.3, -0.25) is 33.6 Å². The molecule has 20 heteroatoms. The van der Waals surface area contributed by atoms with Crippen LogP contribution in [0.5, 0.6) is 0 Å². The van der Waals surface area contributed by atoms with Crippen molar-refractivity contribution in [1.29, 1.82) is 0 Å². The molecule has 76 heavy (non-hydrogen) atoms. The number of ether oxygens (including phenoxy) is 7. The van der Waals surface area contributed by atoms with Crippen LogP contribution in [0.2, 0.25) is 0 Å². The maximum atomic E-state index is 15.3. The number of likely N-dealkylation sites (N-methyl/N-ethyl adjacent to an activating group) is 1. The second kappa shape index (κ2) is 38.2. The van der Waals surface area contributed by atoms with Gasteiger partial charge in [-0.25, -0.2) is 0 Å². The van der Waals surface area contributed by atoms with Crippen LogP contribution >= 0.6 is 0 Å². The fourth-order valence-electron chi connectivity index (χ4n) is 9.29. The van der Waals surface area contributed by atoms with E-state index in [1.165, 1.54) is 25.7 Å². The Morgan fingerprint density at radius 1 is 0.553 bits per heavy atom. The Balaban J connectivity index is 7.54. The summed E-state index contributed by atoms with van der Waals surface area (Å²) in [5.41, 5.74) is 3.07. The Hall–Kier alpha value is -4.40. The molecule has 0 heterocycles. The summed E-state index contributed by atoms with van der Waals surface area (Å²) in [6, 6.07) is 0. The molecule has 3 amide bonds. The van der Waals surface area contributed by atoms with Gasteiger partial charge in [-0.15, -0.1) is 0 Å².